The molecule has 0 unspecified atom stereocenters. The van der Waals surface area contributed by atoms with Crippen LogP contribution in [0.4, 0.5) is 0 Å². The van der Waals surface area contributed by atoms with Crippen molar-refractivity contribution >= 4 is 23.8 Å². The Morgan fingerprint density at radius 1 is 1.15 bits per heavy atom. The average Bonchev–Trinajstić information content (AvgIpc) is 2.82. The van der Waals surface area contributed by atoms with Crippen LogP contribution in [0.2, 0.25) is 0 Å². The largest absolute Gasteiger partial charge is 0.543 e. The van der Waals surface area contributed by atoms with Crippen LogP contribution in [0.3, 0.4) is 0 Å². The summed E-state index contributed by atoms with van der Waals surface area (Å²) in [6, 6.07) is 0. The first-order chi connectivity index (χ1) is 9.33. The van der Waals surface area contributed by atoms with Crippen molar-refractivity contribution in [1.29, 1.82) is 0 Å². The maximum atomic E-state index is 11.6. The molecule has 0 aromatic carbocycles. The Balaban J connectivity index is 0.000000511. The van der Waals surface area contributed by atoms with E-state index in [1.54, 1.807) is 0 Å². The minimum Gasteiger partial charge on any atom is -0.543 e. The molecule has 0 bridgehead atoms. The predicted molar refractivity (Wildman–Crippen MR) is 63.8 cm³/mol. The number of carboxylic acids is 2. The van der Waals surface area contributed by atoms with Gasteiger partial charge in [-0.3, -0.25) is 19.4 Å². The molecule has 8 nitrogen and oxygen atoms in total. The maximum absolute atomic E-state index is 11.6. The molecule has 2 amide bonds. The average molecular weight is 286 g/mol. The Hall–Kier alpha value is -1.96. The Bertz CT molecular complexity index is 366. The lowest BCUT2D eigenvalue weighted by atomic mass is 10.4. The molecule has 20 heavy (non-hydrogen) atoms. The fraction of sp³-hybridized carbons (Fsp3) is 0.667. The zero-order valence-electron chi connectivity index (χ0n) is 11.6. The van der Waals surface area contributed by atoms with Crippen LogP contribution < -0.4 is 10.2 Å². The number of hydrogen-bond acceptors (Lipinski definition) is 7. The smallest absolute Gasteiger partial charge is 0.243 e. The monoisotopic (exact) mass is 286 g/mol. The summed E-state index contributed by atoms with van der Waals surface area (Å²) in [5, 5.41) is 17.9. The normalized spacial score (nSPS) is 13.9. The Morgan fingerprint density at radius 3 is 1.95 bits per heavy atom. The van der Waals surface area contributed by atoms with Crippen molar-refractivity contribution < 1.29 is 29.4 Å². The van der Waals surface area contributed by atoms with Gasteiger partial charge in [0.1, 0.15) is 0 Å². The number of likely N-dealkylation sites (N-methyl/N-ethyl adjacent to an activating group) is 1. The van der Waals surface area contributed by atoms with E-state index in [0.717, 1.165) is 19.5 Å². The van der Waals surface area contributed by atoms with E-state index in [4.69, 9.17) is 19.8 Å². The fourth-order valence-corrected chi connectivity index (χ4v) is 1.64. The van der Waals surface area contributed by atoms with E-state index < -0.39 is 11.9 Å². The van der Waals surface area contributed by atoms with Crippen LogP contribution in [0.25, 0.3) is 0 Å². The van der Waals surface area contributed by atoms with Gasteiger partial charge in [0.15, 0.2) is 0 Å². The van der Waals surface area contributed by atoms with Gasteiger partial charge >= 0.3 is 0 Å². The fourth-order valence-electron chi connectivity index (χ4n) is 1.64. The SMILES string of the molecule is CCN(CC)CC(=O)N1CCCC1=O.O=C([O-])C(=O)[O-]. The van der Waals surface area contributed by atoms with Crippen LogP contribution in [0.5, 0.6) is 0 Å². The van der Waals surface area contributed by atoms with E-state index in [2.05, 4.69) is 0 Å². The predicted octanol–water partition coefficient (Wildman–Crippen LogP) is -3.04. The molecule has 0 aromatic rings. The van der Waals surface area contributed by atoms with Gasteiger partial charge in [-0.2, -0.15) is 0 Å². The Morgan fingerprint density at radius 2 is 1.65 bits per heavy atom. The molecule has 1 heterocycles. The number of nitrogens with zero attached hydrogens (tertiary/aromatic N) is 2. The van der Waals surface area contributed by atoms with Crippen molar-refractivity contribution in [2.45, 2.75) is 26.7 Å². The maximum Gasteiger partial charge on any atom is 0.243 e. The van der Waals surface area contributed by atoms with Gasteiger partial charge in [0.05, 0.1) is 18.5 Å². The van der Waals surface area contributed by atoms with Crippen molar-refractivity contribution in [2.24, 2.45) is 0 Å². The Labute approximate surface area is 117 Å². The van der Waals surface area contributed by atoms with Crippen LogP contribution in [0.1, 0.15) is 26.7 Å². The minimum absolute atomic E-state index is 0.0119. The lowest BCUT2D eigenvalue weighted by Gasteiger charge is -2.20. The molecule has 1 fully saturated rings. The zero-order chi connectivity index (χ0) is 15.7. The first kappa shape index (κ1) is 18.0. The van der Waals surface area contributed by atoms with Gasteiger partial charge < -0.3 is 19.8 Å². The van der Waals surface area contributed by atoms with Crippen molar-refractivity contribution in [1.82, 2.24) is 9.80 Å². The second kappa shape index (κ2) is 9.03. The number of aliphatic carboxylic acids is 2. The van der Waals surface area contributed by atoms with Gasteiger partial charge in [0, 0.05) is 13.0 Å². The van der Waals surface area contributed by atoms with Gasteiger partial charge in [0.2, 0.25) is 11.8 Å². The summed E-state index contributed by atoms with van der Waals surface area (Å²) in [5.41, 5.74) is 0. The molecule has 1 aliphatic rings. The Kier molecular flexibility index (Phi) is 8.14. The summed E-state index contributed by atoms with van der Waals surface area (Å²) in [6.45, 7) is 6.72. The summed E-state index contributed by atoms with van der Waals surface area (Å²) < 4.78 is 0. The van der Waals surface area contributed by atoms with E-state index in [-0.39, 0.29) is 11.8 Å². The highest BCUT2D eigenvalue weighted by Gasteiger charge is 2.26. The van der Waals surface area contributed by atoms with Crippen molar-refractivity contribution in [3.8, 4) is 0 Å². The van der Waals surface area contributed by atoms with Crippen LogP contribution >= 0.6 is 0 Å². The molecule has 0 spiro atoms. The molecule has 0 radical (unpaired) electrons. The summed E-state index contributed by atoms with van der Waals surface area (Å²) in [7, 11) is 0. The second-order valence-corrected chi connectivity index (χ2v) is 4.08. The number of imide groups is 1. The number of rotatable bonds is 4. The first-order valence-corrected chi connectivity index (χ1v) is 6.31. The van der Waals surface area contributed by atoms with Crippen molar-refractivity contribution in [2.75, 3.05) is 26.2 Å². The molecule has 1 saturated heterocycles. The topological polar surface area (TPSA) is 121 Å². The van der Waals surface area contributed by atoms with Crippen LogP contribution in [-0.2, 0) is 19.2 Å². The third-order valence-electron chi connectivity index (χ3n) is 2.79. The molecule has 8 heteroatoms. The lowest BCUT2D eigenvalue weighted by molar-refractivity contribution is -0.345. The number of amides is 2. The van der Waals surface area contributed by atoms with Gasteiger partial charge in [-0.05, 0) is 19.5 Å². The number of carbonyl (C=O) groups is 4. The summed E-state index contributed by atoms with van der Waals surface area (Å²) >= 11 is 0. The summed E-state index contributed by atoms with van der Waals surface area (Å²) in [6.07, 6.45) is 1.35. The molecule has 0 aliphatic carbocycles. The molecule has 1 aliphatic heterocycles. The molecular weight excluding hydrogens is 268 g/mol. The van der Waals surface area contributed by atoms with Crippen LogP contribution in [-0.4, -0.2) is 59.7 Å². The van der Waals surface area contributed by atoms with Gasteiger partial charge in [-0.15, -0.1) is 0 Å². The van der Waals surface area contributed by atoms with Gasteiger partial charge in [0.25, 0.3) is 0 Å². The minimum atomic E-state index is -2.19. The quantitative estimate of drug-likeness (QED) is 0.504. The third-order valence-corrected chi connectivity index (χ3v) is 2.79. The van der Waals surface area contributed by atoms with Crippen LogP contribution in [0.15, 0.2) is 0 Å². The van der Waals surface area contributed by atoms with E-state index in [9.17, 15) is 9.59 Å². The number of hydrogen-bond donors (Lipinski definition) is 0. The summed E-state index contributed by atoms with van der Waals surface area (Å²) in [5.74, 6) is -4.43. The lowest BCUT2D eigenvalue weighted by Crippen LogP contribution is -2.42. The van der Waals surface area contributed by atoms with Crippen LogP contribution in [0, 0.1) is 0 Å². The molecule has 0 aromatic heterocycles. The third kappa shape index (κ3) is 6.28. The standard InChI is InChI=1S/C10H18N2O2.C2H2O4/c1-3-11(4-2)8-10(14)12-7-5-6-9(12)13;3-1(4)2(5)6/h3-8H2,1-2H3;(H,3,4)(H,5,6)/p-2. The van der Waals surface area contributed by atoms with E-state index in [1.165, 1.54) is 4.90 Å². The number of carbonyl (C=O) groups excluding carboxylic acids is 4. The van der Waals surface area contributed by atoms with Gasteiger partial charge in [-0.25, -0.2) is 0 Å². The zero-order valence-corrected chi connectivity index (χ0v) is 11.6. The molecule has 1 rings (SSSR count). The highest BCUT2D eigenvalue weighted by molar-refractivity contribution is 6.25. The number of likely N-dealkylation sites (tertiary alicyclic amines) is 1. The molecule has 0 saturated carbocycles. The summed E-state index contributed by atoms with van der Waals surface area (Å²) in [4.78, 5) is 44.2. The van der Waals surface area contributed by atoms with Crippen molar-refractivity contribution in [3.05, 3.63) is 0 Å². The first-order valence-electron chi connectivity index (χ1n) is 6.31. The van der Waals surface area contributed by atoms with Gasteiger partial charge in [-0.1, -0.05) is 13.8 Å². The second-order valence-electron chi connectivity index (χ2n) is 4.08. The molecule has 0 N–H and O–H groups in total. The van der Waals surface area contributed by atoms with Crippen molar-refractivity contribution in [3.63, 3.8) is 0 Å². The molecule has 114 valence electrons. The molecule has 0 atom stereocenters. The number of carboxylic acid groups (broad SMARTS) is 2. The highest BCUT2D eigenvalue weighted by Crippen LogP contribution is 2.09. The van der Waals surface area contributed by atoms with E-state index >= 15 is 0 Å². The highest BCUT2D eigenvalue weighted by atomic mass is 16.4. The molecular formula is C12H18N2O6-2. The van der Waals surface area contributed by atoms with E-state index in [0.29, 0.717) is 19.5 Å². The van der Waals surface area contributed by atoms with E-state index in [1.807, 2.05) is 18.7 Å².